The van der Waals surface area contributed by atoms with E-state index in [2.05, 4.69) is 5.32 Å². The second-order valence-electron chi connectivity index (χ2n) is 5.85. The van der Waals surface area contributed by atoms with Crippen molar-refractivity contribution in [2.45, 2.75) is 6.04 Å². The monoisotopic (exact) mass is 353 g/mol. The Morgan fingerprint density at radius 1 is 1.04 bits per heavy atom. The number of hydrogen-bond donors (Lipinski definition) is 2. The van der Waals surface area contributed by atoms with Crippen LogP contribution in [0.3, 0.4) is 0 Å². The van der Waals surface area contributed by atoms with Gasteiger partial charge in [0.2, 0.25) is 5.91 Å². The fourth-order valence-electron chi connectivity index (χ4n) is 2.68. The molecule has 26 heavy (non-hydrogen) atoms. The number of aliphatic hydroxyl groups excluding tert-OH is 1. The van der Waals surface area contributed by atoms with Crippen molar-refractivity contribution in [1.82, 2.24) is 5.32 Å². The zero-order valence-corrected chi connectivity index (χ0v) is 13.8. The molecule has 1 atom stereocenters. The van der Waals surface area contributed by atoms with Crippen LogP contribution in [-0.4, -0.2) is 17.6 Å². The van der Waals surface area contributed by atoms with Gasteiger partial charge in [0, 0.05) is 17.7 Å². The second kappa shape index (κ2) is 7.89. The molecule has 3 aromatic rings. The van der Waals surface area contributed by atoms with Gasteiger partial charge in [-0.05, 0) is 40.6 Å². The van der Waals surface area contributed by atoms with Gasteiger partial charge in [0.25, 0.3) is 0 Å². The van der Waals surface area contributed by atoms with Crippen LogP contribution in [0.15, 0.2) is 66.7 Å². The van der Waals surface area contributed by atoms with Crippen molar-refractivity contribution in [3.63, 3.8) is 0 Å². The molecule has 3 nitrogen and oxygen atoms in total. The molecule has 0 saturated heterocycles. The van der Waals surface area contributed by atoms with Crippen LogP contribution in [0.25, 0.3) is 16.8 Å². The third-order valence-electron chi connectivity index (χ3n) is 4.05. The van der Waals surface area contributed by atoms with E-state index in [-0.39, 0.29) is 12.2 Å². The van der Waals surface area contributed by atoms with E-state index in [0.717, 1.165) is 34.5 Å². The first kappa shape index (κ1) is 17.8. The number of amides is 1. The summed E-state index contributed by atoms with van der Waals surface area (Å²) in [4.78, 5) is 12.1. The van der Waals surface area contributed by atoms with Crippen LogP contribution < -0.4 is 5.32 Å². The largest absolute Gasteiger partial charge is 0.394 e. The van der Waals surface area contributed by atoms with E-state index >= 15 is 0 Å². The summed E-state index contributed by atoms with van der Waals surface area (Å²) >= 11 is 0. The highest BCUT2D eigenvalue weighted by molar-refractivity contribution is 5.92. The van der Waals surface area contributed by atoms with Crippen LogP contribution >= 0.6 is 0 Å². The van der Waals surface area contributed by atoms with Crippen LogP contribution in [0.1, 0.15) is 17.2 Å². The summed E-state index contributed by atoms with van der Waals surface area (Å²) < 4.78 is 26.5. The van der Waals surface area contributed by atoms with Crippen LogP contribution in [-0.2, 0) is 4.79 Å². The number of hydrogen-bond acceptors (Lipinski definition) is 2. The summed E-state index contributed by atoms with van der Waals surface area (Å²) in [6.07, 6.45) is 2.42. The van der Waals surface area contributed by atoms with E-state index in [4.69, 9.17) is 0 Å². The summed E-state index contributed by atoms with van der Waals surface area (Å²) in [5, 5.41) is 14.4. The first-order valence-corrected chi connectivity index (χ1v) is 8.10. The van der Waals surface area contributed by atoms with Crippen molar-refractivity contribution in [2.24, 2.45) is 0 Å². The molecule has 0 aliphatic heterocycles. The van der Waals surface area contributed by atoms with Gasteiger partial charge in [0.15, 0.2) is 0 Å². The van der Waals surface area contributed by atoms with E-state index in [1.807, 2.05) is 42.5 Å². The number of halogens is 2. The smallest absolute Gasteiger partial charge is 0.244 e. The van der Waals surface area contributed by atoms with Crippen LogP contribution in [0.4, 0.5) is 8.78 Å². The predicted molar refractivity (Wildman–Crippen MR) is 97.3 cm³/mol. The Morgan fingerprint density at radius 2 is 1.81 bits per heavy atom. The van der Waals surface area contributed by atoms with Crippen LogP contribution in [0, 0.1) is 11.6 Å². The van der Waals surface area contributed by atoms with Gasteiger partial charge in [-0.15, -0.1) is 0 Å². The molecule has 5 heteroatoms. The van der Waals surface area contributed by atoms with Gasteiger partial charge in [-0.3, -0.25) is 4.79 Å². The molecular weight excluding hydrogens is 336 g/mol. The lowest BCUT2D eigenvalue weighted by Crippen LogP contribution is -2.29. The molecule has 1 amide bonds. The van der Waals surface area contributed by atoms with Gasteiger partial charge >= 0.3 is 0 Å². The van der Waals surface area contributed by atoms with Crippen LogP contribution in [0.5, 0.6) is 0 Å². The lowest BCUT2D eigenvalue weighted by Gasteiger charge is -2.16. The minimum absolute atomic E-state index is 0.104. The summed E-state index contributed by atoms with van der Waals surface area (Å²) in [7, 11) is 0. The molecule has 2 N–H and O–H groups in total. The van der Waals surface area contributed by atoms with Gasteiger partial charge in [0.05, 0.1) is 12.6 Å². The topological polar surface area (TPSA) is 49.3 Å². The molecule has 0 heterocycles. The standard InChI is InChI=1S/C21H17F2NO2/c22-18-9-7-15(19(23)12-18)8-10-21(26)24-20(13-25)17-6-5-14-3-1-2-4-16(14)11-17/h1-12,20,25H,13H2,(H,24,26)/b10-8+. The first-order valence-electron chi connectivity index (χ1n) is 8.10. The summed E-state index contributed by atoms with van der Waals surface area (Å²) in [6, 6.07) is 16.0. The number of carbonyl (C=O) groups excluding carboxylic acids is 1. The number of carbonyl (C=O) groups is 1. The number of rotatable bonds is 5. The maximum Gasteiger partial charge on any atom is 0.244 e. The van der Waals surface area contributed by atoms with Gasteiger partial charge in [0.1, 0.15) is 11.6 Å². The molecule has 0 aromatic heterocycles. The normalized spacial score (nSPS) is 12.4. The number of nitrogens with one attached hydrogen (secondary N) is 1. The fraction of sp³-hybridized carbons (Fsp3) is 0.0952. The van der Waals surface area contributed by atoms with Gasteiger partial charge in [-0.2, -0.15) is 0 Å². The fourth-order valence-corrected chi connectivity index (χ4v) is 2.68. The lowest BCUT2D eigenvalue weighted by atomic mass is 10.0. The maximum atomic E-state index is 13.6. The van der Waals surface area contributed by atoms with E-state index in [1.54, 1.807) is 0 Å². The third kappa shape index (κ3) is 4.13. The molecule has 0 fully saturated rings. The predicted octanol–water partition coefficient (Wildman–Crippen LogP) is 3.98. The van der Waals surface area contributed by atoms with Crippen molar-refractivity contribution >= 4 is 22.8 Å². The van der Waals surface area contributed by atoms with Crippen LogP contribution in [0.2, 0.25) is 0 Å². The molecular formula is C21H17F2NO2. The zero-order chi connectivity index (χ0) is 18.5. The molecule has 132 valence electrons. The Morgan fingerprint density at radius 3 is 2.54 bits per heavy atom. The van der Waals surface area contributed by atoms with Gasteiger partial charge in [-0.25, -0.2) is 8.78 Å². The van der Waals surface area contributed by atoms with E-state index in [0.29, 0.717) is 0 Å². The number of fused-ring (bicyclic) bond motifs is 1. The first-order chi connectivity index (χ1) is 12.6. The third-order valence-corrected chi connectivity index (χ3v) is 4.05. The second-order valence-corrected chi connectivity index (χ2v) is 5.85. The van der Waals surface area contributed by atoms with Crippen molar-refractivity contribution in [1.29, 1.82) is 0 Å². The minimum Gasteiger partial charge on any atom is -0.394 e. The Bertz CT molecular complexity index is 969. The average molecular weight is 353 g/mol. The Balaban J connectivity index is 1.74. The quantitative estimate of drug-likeness (QED) is 0.682. The molecule has 1 unspecified atom stereocenters. The van der Waals surface area contributed by atoms with E-state index in [1.165, 1.54) is 12.1 Å². The number of benzene rings is 3. The Hall–Kier alpha value is -3.05. The molecule has 0 aliphatic carbocycles. The molecule has 0 aliphatic rings. The minimum atomic E-state index is -0.748. The Kier molecular flexibility index (Phi) is 5.39. The maximum absolute atomic E-state index is 13.6. The highest BCUT2D eigenvalue weighted by Gasteiger charge is 2.13. The highest BCUT2D eigenvalue weighted by atomic mass is 19.1. The molecule has 0 radical (unpaired) electrons. The summed E-state index contributed by atoms with van der Waals surface area (Å²) in [5.41, 5.74) is 0.869. The average Bonchev–Trinajstić information content (AvgIpc) is 2.65. The van der Waals surface area contributed by atoms with E-state index in [9.17, 15) is 18.7 Å². The van der Waals surface area contributed by atoms with Crippen molar-refractivity contribution in [3.8, 4) is 0 Å². The SMILES string of the molecule is O=C(/C=C/c1ccc(F)cc1F)NC(CO)c1ccc2ccccc2c1. The summed E-state index contributed by atoms with van der Waals surface area (Å²) in [5.74, 6) is -1.91. The molecule has 0 bridgehead atoms. The molecule has 0 spiro atoms. The molecule has 3 aromatic carbocycles. The van der Waals surface area contributed by atoms with E-state index < -0.39 is 23.6 Å². The molecule has 0 saturated carbocycles. The zero-order valence-electron chi connectivity index (χ0n) is 13.8. The van der Waals surface area contributed by atoms with Crippen molar-refractivity contribution < 1.29 is 18.7 Å². The molecule has 3 rings (SSSR count). The van der Waals surface area contributed by atoms with Crippen molar-refractivity contribution in [2.75, 3.05) is 6.61 Å². The Labute approximate surface area is 149 Å². The highest BCUT2D eigenvalue weighted by Crippen LogP contribution is 2.20. The summed E-state index contributed by atoms with van der Waals surface area (Å²) in [6.45, 7) is -0.275. The number of aliphatic hydroxyl groups is 1. The van der Waals surface area contributed by atoms with Gasteiger partial charge < -0.3 is 10.4 Å². The lowest BCUT2D eigenvalue weighted by molar-refractivity contribution is -0.117. The van der Waals surface area contributed by atoms with Gasteiger partial charge in [-0.1, -0.05) is 36.4 Å². The van der Waals surface area contributed by atoms with Crippen molar-refractivity contribution in [3.05, 3.63) is 89.5 Å².